The number of hydrogen-bond acceptors (Lipinski definition) is 6. The summed E-state index contributed by atoms with van der Waals surface area (Å²) < 4.78 is 66.9. The van der Waals surface area contributed by atoms with Crippen molar-refractivity contribution in [1.29, 1.82) is 0 Å². The lowest BCUT2D eigenvalue weighted by Crippen LogP contribution is -2.56. The van der Waals surface area contributed by atoms with E-state index >= 15 is 0 Å². The molecule has 0 saturated heterocycles. The van der Waals surface area contributed by atoms with Gasteiger partial charge in [-0.3, -0.25) is 19.7 Å². The van der Waals surface area contributed by atoms with Gasteiger partial charge in [-0.15, -0.1) is 0 Å². The van der Waals surface area contributed by atoms with E-state index < -0.39 is 31.0 Å². The quantitative estimate of drug-likeness (QED) is 0.0671. The molecular formula is C26H56N2O6S2. The molecule has 0 aromatic heterocycles. The molecular weight excluding hydrogens is 500 g/mol. The van der Waals surface area contributed by atoms with E-state index in [-0.39, 0.29) is 13.1 Å². The highest BCUT2D eigenvalue weighted by atomic mass is 32.2. The molecule has 0 aromatic carbocycles. The molecule has 8 nitrogen and oxygen atoms in total. The zero-order valence-corrected chi connectivity index (χ0v) is 24.7. The maximum atomic E-state index is 11.9. The second-order valence-corrected chi connectivity index (χ2v) is 13.2. The molecule has 0 bridgehead atoms. The van der Waals surface area contributed by atoms with Gasteiger partial charge < -0.3 is 0 Å². The standard InChI is InChI=1S/C26H56N2O6S2/c1-3-5-7-9-11-13-15-17-19-21-23-27-25(35(29,30)31)26(36(32,33)34)28-24-22-20-18-16-14-12-10-8-6-4-2/h25-28H,3-24H2,1-2H3,(H,29,30,31)(H,32,33,34). The number of hydrogen-bond donors (Lipinski definition) is 4. The normalized spacial score (nSPS) is 14.2. The monoisotopic (exact) mass is 556 g/mol. The molecule has 0 amide bonds. The Hall–Kier alpha value is -0.260. The molecule has 4 N–H and O–H groups in total. The molecule has 36 heavy (non-hydrogen) atoms. The molecule has 0 aliphatic rings. The summed E-state index contributed by atoms with van der Waals surface area (Å²) in [6.07, 6.45) is 22.5. The van der Waals surface area contributed by atoms with E-state index in [9.17, 15) is 25.9 Å². The molecule has 0 heterocycles. The van der Waals surface area contributed by atoms with Crippen molar-refractivity contribution in [1.82, 2.24) is 10.6 Å². The Bertz CT molecular complexity index is 641. The summed E-state index contributed by atoms with van der Waals surface area (Å²) in [6, 6.07) is 0. The van der Waals surface area contributed by atoms with E-state index in [1.54, 1.807) is 0 Å². The first-order valence-corrected chi connectivity index (χ1v) is 17.5. The topological polar surface area (TPSA) is 133 Å². The van der Waals surface area contributed by atoms with Crippen LogP contribution < -0.4 is 10.6 Å². The Morgan fingerprint density at radius 2 is 0.667 bits per heavy atom. The van der Waals surface area contributed by atoms with Gasteiger partial charge in [0.2, 0.25) is 0 Å². The van der Waals surface area contributed by atoms with Gasteiger partial charge in [-0.05, 0) is 25.9 Å². The minimum Gasteiger partial charge on any atom is -0.297 e. The Morgan fingerprint density at radius 3 is 0.889 bits per heavy atom. The molecule has 218 valence electrons. The van der Waals surface area contributed by atoms with Crippen LogP contribution >= 0.6 is 0 Å². The summed E-state index contributed by atoms with van der Waals surface area (Å²) in [5.74, 6) is 0. The highest BCUT2D eigenvalue weighted by Gasteiger charge is 2.39. The van der Waals surface area contributed by atoms with E-state index in [0.717, 1.165) is 38.5 Å². The van der Waals surface area contributed by atoms with Crippen LogP contribution in [0.1, 0.15) is 142 Å². The van der Waals surface area contributed by atoms with Crippen LogP contribution in [0.2, 0.25) is 0 Å². The third-order valence-corrected chi connectivity index (χ3v) is 9.00. The predicted molar refractivity (Wildman–Crippen MR) is 150 cm³/mol. The van der Waals surface area contributed by atoms with Crippen LogP contribution in [0.3, 0.4) is 0 Å². The number of nitrogens with one attached hydrogen (secondary N) is 2. The Kier molecular flexibility index (Phi) is 22.5. The van der Waals surface area contributed by atoms with E-state index in [0.29, 0.717) is 12.8 Å². The maximum absolute atomic E-state index is 11.9. The van der Waals surface area contributed by atoms with E-state index in [1.165, 1.54) is 77.0 Å². The molecule has 0 fully saturated rings. The largest absolute Gasteiger partial charge is 0.297 e. The van der Waals surface area contributed by atoms with Crippen LogP contribution in [-0.4, -0.2) is 49.8 Å². The summed E-state index contributed by atoms with van der Waals surface area (Å²) >= 11 is 0. The second-order valence-electron chi connectivity index (χ2n) is 10.1. The SMILES string of the molecule is CCCCCCCCCCCCNC(C(NCCCCCCCCCCCC)S(=O)(=O)O)S(=O)(=O)O. The number of rotatable bonds is 27. The maximum Gasteiger partial charge on any atom is 0.283 e. The molecule has 0 spiro atoms. The van der Waals surface area contributed by atoms with Crippen molar-refractivity contribution in [3.8, 4) is 0 Å². The van der Waals surface area contributed by atoms with Gasteiger partial charge in [-0.2, -0.15) is 16.8 Å². The molecule has 2 unspecified atom stereocenters. The zero-order chi connectivity index (χ0) is 27.1. The number of unbranched alkanes of at least 4 members (excludes halogenated alkanes) is 18. The lowest BCUT2D eigenvalue weighted by atomic mass is 10.1. The van der Waals surface area contributed by atoms with Gasteiger partial charge in [0.25, 0.3) is 20.2 Å². The van der Waals surface area contributed by atoms with Crippen molar-refractivity contribution < 1.29 is 25.9 Å². The van der Waals surface area contributed by atoms with E-state index in [1.807, 2.05) is 0 Å². The van der Waals surface area contributed by atoms with Gasteiger partial charge in [0.05, 0.1) is 0 Å². The molecule has 2 atom stereocenters. The fraction of sp³-hybridized carbons (Fsp3) is 1.00. The average Bonchev–Trinajstić information content (AvgIpc) is 2.80. The first kappa shape index (κ1) is 35.7. The van der Waals surface area contributed by atoms with Crippen molar-refractivity contribution in [2.45, 2.75) is 153 Å². The van der Waals surface area contributed by atoms with Gasteiger partial charge in [-0.1, -0.05) is 129 Å². The van der Waals surface area contributed by atoms with E-state index in [4.69, 9.17) is 0 Å². The fourth-order valence-electron chi connectivity index (χ4n) is 4.45. The van der Waals surface area contributed by atoms with Crippen molar-refractivity contribution >= 4 is 20.2 Å². The lowest BCUT2D eigenvalue weighted by molar-refractivity contribution is 0.393. The van der Waals surface area contributed by atoms with Crippen molar-refractivity contribution in [3.05, 3.63) is 0 Å². The van der Waals surface area contributed by atoms with Gasteiger partial charge in [0, 0.05) is 0 Å². The minimum atomic E-state index is -4.74. The fourth-order valence-corrected chi connectivity index (χ4v) is 6.77. The Morgan fingerprint density at radius 1 is 0.444 bits per heavy atom. The van der Waals surface area contributed by atoms with Gasteiger partial charge in [0.15, 0.2) is 10.7 Å². The van der Waals surface area contributed by atoms with E-state index in [2.05, 4.69) is 24.5 Å². The second kappa shape index (κ2) is 22.7. The van der Waals surface area contributed by atoms with Crippen LogP contribution in [-0.2, 0) is 20.2 Å². The summed E-state index contributed by atoms with van der Waals surface area (Å²) in [6.45, 7) is 4.89. The highest BCUT2D eigenvalue weighted by Crippen LogP contribution is 2.13. The van der Waals surface area contributed by atoms with Crippen LogP contribution in [0.15, 0.2) is 0 Å². The van der Waals surface area contributed by atoms with Crippen LogP contribution in [0, 0.1) is 0 Å². The van der Waals surface area contributed by atoms with Crippen molar-refractivity contribution in [3.63, 3.8) is 0 Å². The molecule has 0 radical (unpaired) electrons. The summed E-state index contributed by atoms with van der Waals surface area (Å²) in [7, 11) is -9.47. The van der Waals surface area contributed by atoms with Gasteiger partial charge in [-0.25, -0.2) is 0 Å². The Balaban J connectivity index is 4.28. The molecule has 0 aliphatic carbocycles. The van der Waals surface area contributed by atoms with Crippen LogP contribution in [0.5, 0.6) is 0 Å². The molecule has 0 aliphatic heterocycles. The Labute approximate surface area is 222 Å². The molecule has 0 saturated carbocycles. The minimum absolute atomic E-state index is 0.243. The summed E-state index contributed by atoms with van der Waals surface area (Å²) in [5, 5.41) is 1.66. The predicted octanol–water partition coefficient (Wildman–Crippen LogP) is 6.44. The van der Waals surface area contributed by atoms with Crippen LogP contribution in [0.4, 0.5) is 0 Å². The van der Waals surface area contributed by atoms with Crippen molar-refractivity contribution in [2.24, 2.45) is 0 Å². The average molecular weight is 557 g/mol. The first-order chi connectivity index (χ1) is 17.1. The highest BCUT2D eigenvalue weighted by molar-refractivity contribution is 7.90. The van der Waals surface area contributed by atoms with Crippen LogP contribution in [0.25, 0.3) is 0 Å². The first-order valence-electron chi connectivity index (χ1n) is 14.5. The smallest absolute Gasteiger partial charge is 0.283 e. The summed E-state index contributed by atoms with van der Waals surface area (Å²) in [5.41, 5.74) is 0. The molecule has 0 rings (SSSR count). The lowest BCUT2D eigenvalue weighted by Gasteiger charge is -2.24. The third-order valence-electron chi connectivity index (χ3n) is 6.67. The van der Waals surface area contributed by atoms with Gasteiger partial charge in [0.1, 0.15) is 0 Å². The molecule has 0 aromatic rings. The van der Waals surface area contributed by atoms with Gasteiger partial charge >= 0.3 is 0 Å². The van der Waals surface area contributed by atoms with Crippen molar-refractivity contribution in [2.75, 3.05) is 13.1 Å². The third kappa shape index (κ3) is 20.8. The zero-order valence-electron chi connectivity index (χ0n) is 23.1. The summed E-state index contributed by atoms with van der Waals surface area (Å²) in [4.78, 5) is 0. The molecule has 10 heteroatoms.